The maximum Gasteiger partial charge on any atom is 0.490 e. The second-order valence-electron chi connectivity index (χ2n) is 7.55. The van der Waals surface area contributed by atoms with Crippen LogP contribution in [0.1, 0.15) is 6.42 Å². The summed E-state index contributed by atoms with van der Waals surface area (Å²) in [4.78, 5) is 27.9. The minimum absolute atomic E-state index is 0.0776. The molecule has 3 N–H and O–H groups in total. The van der Waals surface area contributed by atoms with Crippen molar-refractivity contribution in [1.82, 2.24) is 10.3 Å². The highest BCUT2D eigenvalue weighted by molar-refractivity contribution is 6.31. The lowest BCUT2D eigenvalue weighted by Gasteiger charge is -2.21. The molecule has 2 heterocycles. The summed E-state index contributed by atoms with van der Waals surface area (Å²) in [7, 11) is 1.61. The van der Waals surface area contributed by atoms with Crippen LogP contribution in [0.4, 0.5) is 29.3 Å². The normalized spacial score (nSPS) is 15.2. The summed E-state index contributed by atoms with van der Waals surface area (Å²) in [6, 6.07) is 14.9. The Morgan fingerprint density at radius 1 is 1.17 bits per heavy atom. The molecule has 0 bridgehead atoms. The highest BCUT2D eigenvalue weighted by Crippen LogP contribution is 2.29. The predicted molar refractivity (Wildman–Crippen MR) is 126 cm³/mol. The molecule has 35 heavy (non-hydrogen) atoms. The molecule has 1 aliphatic rings. The van der Waals surface area contributed by atoms with E-state index in [0.717, 1.165) is 47.5 Å². The molecule has 186 valence electrons. The lowest BCUT2D eigenvalue weighted by molar-refractivity contribution is -0.192. The zero-order valence-corrected chi connectivity index (χ0v) is 19.2. The van der Waals surface area contributed by atoms with Gasteiger partial charge in [-0.2, -0.15) is 13.2 Å². The Kier molecular flexibility index (Phi) is 8.23. The van der Waals surface area contributed by atoms with Gasteiger partial charge in [-0.3, -0.25) is 4.98 Å². The number of pyridine rings is 1. The maximum absolute atomic E-state index is 12.3. The molecular weight excluding hydrogens is 489 g/mol. The molecule has 8 nitrogen and oxygen atoms in total. The molecule has 1 saturated heterocycles. The number of carbonyl (C=O) groups excluding carboxylic acids is 1. The molecule has 2 amide bonds. The number of nitrogens with one attached hydrogen (secondary N) is 2. The van der Waals surface area contributed by atoms with E-state index >= 15 is 0 Å². The lowest BCUT2D eigenvalue weighted by Crippen LogP contribution is -2.39. The van der Waals surface area contributed by atoms with Crippen molar-refractivity contribution in [3.63, 3.8) is 0 Å². The SMILES string of the molecule is COc1ccc(NC(=O)NC2CCN(c3ccnc4cc(Cl)ccc34)C2)cc1.O=C(O)C(F)(F)F. The van der Waals surface area contributed by atoms with Gasteiger partial charge in [0.05, 0.1) is 12.6 Å². The topological polar surface area (TPSA) is 104 Å². The first-order chi connectivity index (χ1) is 16.6. The molecule has 2 aromatic carbocycles. The van der Waals surface area contributed by atoms with E-state index < -0.39 is 12.1 Å². The van der Waals surface area contributed by atoms with Gasteiger partial charge in [-0.15, -0.1) is 0 Å². The first kappa shape index (κ1) is 25.9. The minimum atomic E-state index is -5.08. The first-order valence-corrected chi connectivity index (χ1v) is 10.8. The molecular formula is C23H22ClF3N4O4. The Bertz CT molecular complexity index is 1190. The van der Waals surface area contributed by atoms with Crippen LogP contribution in [-0.2, 0) is 4.79 Å². The zero-order chi connectivity index (χ0) is 25.6. The van der Waals surface area contributed by atoms with Gasteiger partial charge < -0.3 is 25.4 Å². The number of anilines is 2. The zero-order valence-electron chi connectivity index (χ0n) is 18.5. The largest absolute Gasteiger partial charge is 0.497 e. The standard InChI is InChI=1S/C21H21ClN4O2.C2HF3O2/c1-28-17-5-3-15(4-6-17)24-21(27)25-16-9-11-26(13-16)20-8-10-23-19-12-14(22)2-7-18(19)20;3-2(4,5)1(6)7/h2-8,10,12,16H,9,11,13H2,1H3,(H2,24,25,27);(H,6,7). The number of urea groups is 1. The number of fused-ring (bicyclic) bond motifs is 1. The van der Waals surface area contributed by atoms with Gasteiger partial charge in [0, 0.05) is 47.1 Å². The maximum atomic E-state index is 12.3. The molecule has 1 atom stereocenters. The van der Waals surface area contributed by atoms with E-state index in [1.54, 1.807) is 13.3 Å². The number of halogens is 4. The quantitative estimate of drug-likeness (QED) is 0.460. The number of methoxy groups -OCH3 is 1. The molecule has 1 aliphatic heterocycles. The Balaban J connectivity index is 0.000000429. The van der Waals surface area contributed by atoms with Crippen molar-refractivity contribution < 1.29 is 32.6 Å². The number of nitrogens with zero attached hydrogens (tertiary/aromatic N) is 2. The first-order valence-electron chi connectivity index (χ1n) is 10.4. The molecule has 0 aliphatic carbocycles. The highest BCUT2D eigenvalue weighted by Gasteiger charge is 2.38. The smallest absolute Gasteiger partial charge is 0.490 e. The van der Waals surface area contributed by atoms with Gasteiger partial charge in [-0.1, -0.05) is 11.6 Å². The number of carbonyl (C=O) groups is 2. The van der Waals surface area contributed by atoms with Crippen molar-refractivity contribution in [3.05, 3.63) is 59.8 Å². The van der Waals surface area contributed by atoms with Crippen LogP contribution in [0.25, 0.3) is 10.9 Å². The number of carboxylic acids is 1. The molecule has 4 rings (SSSR count). The number of hydrogen-bond acceptors (Lipinski definition) is 5. The number of ether oxygens (including phenoxy) is 1. The van der Waals surface area contributed by atoms with Crippen LogP contribution >= 0.6 is 11.6 Å². The van der Waals surface area contributed by atoms with Gasteiger partial charge in [0.2, 0.25) is 0 Å². The lowest BCUT2D eigenvalue weighted by atomic mass is 10.2. The third-order valence-electron chi connectivity index (χ3n) is 5.14. The van der Waals surface area contributed by atoms with Gasteiger partial charge in [0.25, 0.3) is 0 Å². The average Bonchev–Trinajstić information content (AvgIpc) is 3.26. The van der Waals surface area contributed by atoms with Crippen LogP contribution in [0.5, 0.6) is 5.75 Å². The number of carboxylic acid groups (broad SMARTS) is 1. The van der Waals surface area contributed by atoms with E-state index in [4.69, 9.17) is 26.2 Å². The van der Waals surface area contributed by atoms with Crippen LogP contribution in [0.3, 0.4) is 0 Å². The summed E-state index contributed by atoms with van der Waals surface area (Å²) in [5.41, 5.74) is 2.71. The Labute approximate surface area is 203 Å². The van der Waals surface area contributed by atoms with Crippen LogP contribution < -0.4 is 20.3 Å². The van der Waals surface area contributed by atoms with E-state index in [9.17, 15) is 18.0 Å². The summed E-state index contributed by atoms with van der Waals surface area (Å²) < 4.78 is 36.9. The van der Waals surface area contributed by atoms with Crippen molar-refractivity contribution in [1.29, 1.82) is 0 Å². The fraction of sp³-hybridized carbons (Fsp3) is 0.261. The summed E-state index contributed by atoms with van der Waals surface area (Å²) in [6.45, 7) is 1.62. The molecule has 1 fully saturated rings. The van der Waals surface area contributed by atoms with Gasteiger partial charge in [0.15, 0.2) is 0 Å². The van der Waals surface area contributed by atoms with Crippen molar-refractivity contribution in [2.45, 2.75) is 18.6 Å². The van der Waals surface area contributed by atoms with Crippen LogP contribution in [0, 0.1) is 0 Å². The monoisotopic (exact) mass is 510 g/mol. The molecule has 3 aromatic rings. The molecule has 1 unspecified atom stereocenters. The van der Waals surface area contributed by atoms with Gasteiger partial charge >= 0.3 is 18.2 Å². The summed E-state index contributed by atoms with van der Waals surface area (Å²) in [5.74, 6) is -2.00. The molecule has 0 spiro atoms. The van der Waals surface area contributed by atoms with E-state index in [1.165, 1.54) is 0 Å². The molecule has 12 heteroatoms. The van der Waals surface area contributed by atoms with Gasteiger partial charge in [0.1, 0.15) is 5.75 Å². The molecule has 0 radical (unpaired) electrons. The number of amides is 2. The number of hydrogen-bond donors (Lipinski definition) is 3. The van der Waals surface area contributed by atoms with Crippen molar-refractivity contribution in [2.24, 2.45) is 0 Å². The van der Waals surface area contributed by atoms with Crippen LogP contribution in [0.2, 0.25) is 5.02 Å². The number of aliphatic carboxylic acids is 1. The molecule has 1 aromatic heterocycles. The fourth-order valence-electron chi connectivity index (χ4n) is 3.51. The fourth-order valence-corrected chi connectivity index (χ4v) is 3.67. The Morgan fingerprint density at radius 3 is 2.49 bits per heavy atom. The number of rotatable bonds is 4. The van der Waals surface area contributed by atoms with Crippen LogP contribution in [-0.4, -0.2) is 54.5 Å². The summed E-state index contributed by atoms with van der Waals surface area (Å²) in [6.07, 6.45) is -2.40. The predicted octanol–water partition coefficient (Wildman–Crippen LogP) is 4.93. The summed E-state index contributed by atoms with van der Waals surface area (Å²) >= 11 is 6.08. The number of alkyl halides is 3. The van der Waals surface area contributed by atoms with Gasteiger partial charge in [-0.25, -0.2) is 9.59 Å². The Morgan fingerprint density at radius 2 is 1.86 bits per heavy atom. The third kappa shape index (κ3) is 7.12. The van der Waals surface area contributed by atoms with E-state index in [1.807, 2.05) is 48.5 Å². The van der Waals surface area contributed by atoms with Crippen molar-refractivity contribution >= 4 is 45.9 Å². The second kappa shape index (κ2) is 11.1. The van der Waals surface area contributed by atoms with Crippen molar-refractivity contribution in [2.75, 3.05) is 30.4 Å². The number of benzene rings is 2. The van der Waals surface area contributed by atoms with E-state index in [-0.39, 0.29) is 12.1 Å². The average molecular weight is 511 g/mol. The minimum Gasteiger partial charge on any atom is -0.497 e. The van der Waals surface area contributed by atoms with Crippen LogP contribution in [0.15, 0.2) is 54.7 Å². The highest BCUT2D eigenvalue weighted by atomic mass is 35.5. The van der Waals surface area contributed by atoms with Crippen molar-refractivity contribution in [3.8, 4) is 5.75 Å². The van der Waals surface area contributed by atoms with E-state index in [0.29, 0.717) is 5.02 Å². The second-order valence-corrected chi connectivity index (χ2v) is 7.99. The third-order valence-corrected chi connectivity index (χ3v) is 5.37. The number of aromatic nitrogens is 1. The molecule has 0 saturated carbocycles. The Hall–Kier alpha value is -3.73. The summed E-state index contributed by atoms with van der Waals surface area (Å²) in [5, 5.41) is 14.8. The van der Waals surface area contributed by atoms with Gasteiger partial charge in [-0.05, 0) is 55.0 Å². The van der Waals surface area contributed by atoms with E-state index in [2.05, 4.69) is 20.5 Å².